The van der Waals surface area contributed by atoms with Gasteiger partial charge in [0.2, 0.25) is 0 Å². The van der Waals surface area contributed by atoms with Crippen LogP contribution in [-0.4, -0.2) is 0 Å². The van der Waals surface area contributed by atoms with Gasteiger partial charge in [-0.1, -0.05) is 184 Å². The highest BCUT2D eigenvalue weighted by molar-refractivity contribution is 6.08. The van der Waals surface area contributed by atoms with Gasteiger partial charge < -0.3 is 4.90 Å². The molecule has 1 unspecified atom stereocenters. The third kappa shape index (κ3) is 4.24. The second-order valence-electron chi connectivity index (χ2n) is 16.4. The molecule has 57 heavy (non-hydrogen) atoms. The molecule has 1 spiro atoms. The van der Waals surface area contributed by atoms with Gasteiger partial charge in [-0.15, -0.1) is 0 Å². The van der Waals surface area contributed by atoms with Crippen molar-refractivity contribution in [2.75, 3.05) is 4.90 Å². The molecule has 0 aromatic heterocycles. The zero-order valence-electron chi connectivity index (χ0n) is 32.0. The molecule has 0 radical (unpaired) electrons. The monoisotopic (exact) mass is 725 g/mol. The van der Waals surface area contributed by atoms with E-state index < -0.39 is 5.41 Å². The molecule has 1 atom stereocenters. The van der Waals surface area contributed by atoms with E-state index in [9.17, 15) is 0 Å². The number of nitrogens with zero attached hydrogens (tertiary/aromatic N) is 1. The van der Waals surface area contributed by atoms with Crippen molar-refractivity contribution in [1.29, 1.82) is 0 Å². The fraction of sp³-hybridized carbons (Fsp3) is 0.0714. The zero-order valence-corrected chi connectivity index (χ0v) is 32.0. The Hall–Kier alpha value is -6.96. The summed E-state index contributed by atoms with van der Waals surface area (Å²) in [6, 6.07) is 75.0. The van der Waals surface area contributed by atoms with E-state index >= 15 is 0 Å². The second kappa shape index (κ2) is 11.8. The first-order valence-corrected chi connectivity index (χ1v) is 20.1. The van der Waals surface area contributed by atoms with Gasteiger partial charge in [-0.05, 0) is 113 Å². The topological polar surface area (TPSA) is 3.24 Å². The first kappa shape index (κ1) is 32.3. The molecule has 3 aliphatic rings. The number of para-hydroxylation sites is 2. The molecule has 0 fully saturated rings. The lowest BCUT2D eigenvalue weighted by Crippen LogP contribution is -2.26. The van der Waals surface area contributed by atoms with Crippen LogP contribution in [0.2, 0.25) is 0 Å². The minimum Gasteiger partial charge on any atom is -0.310 e. The molecule has 0 amide bonds. The minimum atomic E-state index is -0.494. The standard InChI is InChI=1S/C56H39N/c1-55(2)47-27-12-8-21-40(47)42-33-32-38(35-51(42)55)57(37-18-4-3-5-19-37)52-30-15-11-23-43(52)45-26-16-25-44-41-22-9-13-28-48(41)56(54(44)45)49-29-14-10-24-46(49)53-39-20-7-6-17-36(39)31-34-50(53)56/h3-35H,1-2H3. The number of hydrogen-bond donors (Lipinski definition) is 0. The van der Waals surface area contributed by atoms with E-state index in [0.29, 0.717) is 0 Å². The lowest BCUT2D eigenvalue weighted by molar-refractivity contribution is 0.660. The molecule has 0 saturated heterocycles. The van der Waals surface area contributed by atoms with Crippen LogP contribution in [0.15, 0.2) is 200 Å². The maximum atomic E-state index is 2.48. The molecule has 3 aliphatic carbocycles. The van der Waals surface area contributed by atoms with Crippen molar-refractivity contribution in [3.63, 3.8) is 0 Å². The van der Waals surface area contributed by atoms with E-state index in [0.717, 1.165) is 17.1 Å². The summed E-state index contributed by atoms with van der Waals surface area (Å²) in [5.41, 5.74) is 21.4. The van der Waals surface area contributed by atoms with Crippen LogP contribution in [0.25, 0.3) is 55.3 Å². The van der Waals surface area contributed by atoms with Gasteiger partial charge in [0.25, 0.3) is 0 Å². The molecular weight excluding hydrogens is 687 g/mol. The summed E-state index contributed by atoms with van der Waals surface area (Å²) in [5, 5.41) is 2.58. The van der Waals surface area contributed by atoms with Crippen LogP contribution < -0.4 is 4.90 Å². The van der Waals surface area contributed by atoms with Crippen LogP contribution in [0.4, 0.5) is 17.1 Å². The van der Waals surface area contributed by atoms with E-state index in [1.807, 2.05) is 0 Å². The average Bonchev–Trinajstić information content (AvgIpc) is 3.83. The summed E-state index contributed by atoms with van der Waals surface area (Å²) in [6.07, 6.45) is 0. The lowest BCUT2D eigenvalue weighted by Gasteiger charge is -2.34. The Labute approximate surface area is 334 Å². The number of hydrogen-bond acceptors (Lipinski definition) is 1. The summed E-state index contributed by atoms with van der Waals surface area (Å²) in [5.74, 6) is 0. The lowest BCUT2D eigenvalue weighted by atomic mass is 9.68. The fourth-order valence-electron chi connectivity index (χ4n) is 10.9. The van der Waals surface area contributed by atoms with Gasteiger partial charge in [-0.2, -0.15) is 0 Å². The normalized spacial score (nSPS) is 16.1. The molecule has 9 aromatic carbocycles. The van der Waals surface area contributed by atoms with Gasteiger partial charge in [0.05, 0.1) is 11.1 Å². The Bertz CT molecular complexity index is 3110. The maximum Gasteiger partial charge on any atom is 0.0731 e. The molecule has 12 rings (SSSR count). The third-order valence-electron chi connectivity index (χ3n) is 13.3. The van der Waals surface area contributed by atoms with E-state index in [1.54, 1.807) is 0 Å². The van der Waals surface area contributed by atoms with Gasteiger partial charge in [0.15, 0.2) is 0 Å². The molecule has 0 aliphatic heterocycles. The summed E-state index contributed by atoms with van der Waals surface area (Å²) < 4.78 is 0. The SMILES string of the molecule is CC1(C)c2ccccc2-c2ccc(N(c3ccccc3)c3ccccc3-c3cccc4c3C3(c5ccccc5-4)c4ccccc4-c4c3ccc3ccccc43)cc21. The summed E-state index contributed by atoms with van der Waals surface area (Å²) >= 11 is 0. The van der Waals surface area contributed by atoms with E-state index in [4.69, 9.17) is 0 Å². The highest BCUT2D eigenvalue weighted by Crippen LogP contribution is 2.66. The van der Waals surface area contributed by atoms with Gasteiger partial charge in [-0.25, -0.2) is 0 Å². The molecule has 0 N–H and O–H groups in total. The fourth-order valence-corrected chi connectivity index (χ4v) is 10.9. The molecule has 268 valence electrons. The van der Waals surface area contributed by atoms with E-state index in [2.05, 4.69) is 219 Å². The Kier molecular flexibility index (Phi) is 6.67. The Morgan fingerprint density at radius 2 is 0.912 bits per heavy atom. The van der Waals surface area contributed by atoms with Crippen molar-refractivity contribution < 1.29 is 0 Å². The summed E-state index contributed by atoms with van der Waals surface area (Å²) in [6.45, 7) is 4.74. The van der Waals surface area contributed by atoms with Crippen molar-refractivity contribution >= 4 is 27.8 Å². The predicted octanol–water partition coefficient (Wildman–Crippen LogP) is 14.6. The van der Waals surface area contributed by atoms with Crippen molar-refractivity contribution in [3.8, 4) is 44.5 Å². The van der Waals surface area contributed by atoms with Crippen molar-refractivity contribution in [1.82, 2.24) is 0 Å². The molecule has 0 bridgehead atoms. The van der Waals surface area contributed by atoms with E-state index in [1.165, 1.54) is 88.7 Å². The summed E-state index contributed by atoms with van der Waals surface area (Å²) in [4.78, 5) is 2.48. The zero-order chi connectivity index (χ0) is 37.9. The number of anilines is 3. The van der Waals surface area contributed by atoms with Crippen LogP contribution in [0.5, 0.6) is 0 Å². The van der Waals surface area contributed by atoms with Crippen LogP contribution in [0.3, 0.4) is 0 Å². The van der Waals surface area contributed by atoms with Crippen LogP contribution in [0, 0.1) is 0 Å². The Balaban J connectivity index is 1.14. The largest absolute Gasteiger partial charge is 0.310 e. The molecule has 9 aromatic rings. The number of rotatable bonds is 4. The molecule has 1 heteroatoms. The van der Waals surface area contributed by atoms with Gasteiger partial charge in [0, 0.05) is 22.4 Å². The summed E-state index contributed by atoms with van der Waals surface area (Å²) in [7, 11) is 0. The van der Waals surface area contributed by atoms with Gasteiger partial charge in [0.1, 0.15) is 0 Å². The molecule has 1 nitrogen and oxygen atoms in total. The number of benzene rings is 9. The quantitative estimate of drug-likeness (QED) is 0.175. The Morgan fingerprint density at radius 1 is 0.351 bits per heavy atom. The van der Waals surface area contributed by atoms with Gasteiger partial charge in [-0.3, -0.25) is 0 Å². The van der Waals surface area contributed by atoms with Crippen LogP contribution in [-0.2, 0) is 10.8 Å². The van der Waals surface area contributed by atoms with Crippen LogP contribution in [0.1, 0.15) is 47.2 Å². The van der Waals surface area contributed by atoms with E-state index in [-0.39, 0.29) is 5.41 Å². The molecule has 0 saturated carbocycles. The molecular formula is C56H39N. The Morgan fingerprint density at radius 3 is 1.70 bits per heavy atom. The highest BCUT2D eigenvalue weighted by atomic mass is 15.1. The first-order chi connectivity index (χ1) is 28.1. The smallest absolute Gasteiger partial charge is 0.0731 e. The average molecular weight is 726 g/mol. The third-order valence-corrected chi connectivity index (χ3v) is 13.3. The van der Waals surface area contributed by atoms with Crippen molar-refractivity contribution in [2.24, 2.45) is 0 Å². The highest BCUT2D eigenvalue weighted by Gasteiger charge is 2.53. The van der Waals surface area contributed by atoms with Gasteiger partial charge >= 0.3 is 0 Å². The van der Waals surface area contributed by atoms with Crippen molar-refractivity contribution in [2.45, 2.75) is 24.7 Å². The van der Waals surface area contributed by atoms with Crippen molar-refractivity contribution in [3.05, 3.63) is 234 Å². The minimum absolute atomic E-state index is 0.115. The number of fused-ring (bicyclic) bond motifs is 15. The second-order valence-corrected chi connectivity index (χ2v) is 16.4. The predicted molar refractivity (Wildman–Crippen MR) is 238 cm³/mol. The first-order valence-electron chi connectivity index (χ1n) is 20.1. The van der Waals surface area contributed by atoms with Crippen LogP contribution >= 0.6 is 0 Å². The molecule has 0 heterocycles. The maximum absolute atomic E-state index is 2.48.